The maximum atomic E-state index is 10.7. The Kier molecular flexibility index (Phi) is 1.83. The summed E-state index contributed by atoms with van der Waals surface area (Å²) in [5.74, 6) is -0.236. The first-order valence-corrected chi connectivity index (χ1v) is 4.54. The van der Waals surface area contributed by atoms with Crippen LogP contribution in [0.5, 0.6) is 0 Å². The summed E-state index contributed by atoms with van der Waals surface area (Å²) in [4.78, 5) is 10.7. The van der Waals surface area contributed by atoms with E-state index in [2.05, 4.69) is 6.92 Å². The number of fused-ring (bicyclic) bond motifs is 1. The van der Waals surface area contributed by atoms with Gasteiger partial charge in [0.25, 0.3) is 0 Å². The maximum absolute atomic E-state index is 10.7. The number of hydrogen-bond donors (Lipinski definition) is 1. The monoisotopic (exact) mass is 176 g/mol. The van der Waals surface area contributed by atoms with E-state index in [4.69, 9.17) is 5.11 Å². The van der Waals surface area contributed by atoms with E-state index in [9.17, 15) is 4.79 Å². The second kappa shape index (κ2) is 2.87. The third-order valence-corrected chi connectivity index (χ3v) is 2.77. The average Bonchev–Trinajstić information content (AvgIpc) is 2.47. The number of carboxylic acid groups (broad SMARTS) is 1. The molecule has 0 aromatic heterocycles. The van der Waals surface area contributed by atoms with Crippen LogP contribution in [0.15, 0.2) is 18.2 Å². The van der Waals surface area contributed by atoms with Gasteiger partial charge in [-0.3, -0.25) is 0 Å². The van der Waals surface area contributed by atoms with Crippen LogP contribution in [0.25, 0.3) is 0 Å². The molecule has 0 aliphatic heterocycles. The minimum Gasteiger partial charge on any atom is -0.478 e. The average molecular weight is 176 g/mol. The van der Waals surface area contributed by atoms with Gasteiger partial charge in [0.1, 0.15) is 0 Å². The lowest BCUT2D eigenvalue weighted by Gasteiger charge is -2.04. The fourth-order valence-electron chi connectivity index (χ4n) is 1.96. The molecule has 0 amide bonds. The van der Waals surface area contributed by atoms with Gasteiger partial charge in [-0.05, 0) is 42.0 Å². The van der Waals surface area contributed by atoms with Gasteiger partial charge < -0.3 is 5.11 Å². The Morgan fingerprint density at radius 3 is 3.00 bits per heavy atom. The standard InChI is InChI=1S/C11H12O2/c1-7-2-3-8-6-9(11(12)13)4-5-10(7)8/h4-7H,2-3H2,1H3,(H,12,13). The van der Waals surface area contributed by atoms with Gasteiger partial charge in [-0.2, -0.15) is 0 Å². The lowest BCUT2D eigenvalue weighted by Crippen LogP contribution is -1.97. The van der Waals surface area contributed by atoms with E-state index < -0.39 is 5.97 Å². The quantitative estimate of drug-likeness (QED) is 0.713. The topological polar surface area (TPSA) is 37.3 Å². The Hall–Kier alpha value is -1.31. The molecule has 0 radical (unpaired) electrons. The third-order valence-electron chi connectivity index (χ3n) is 2.77. The van der Waals surface area contributed by atoms with Gasteiger partial charge in [-0.25, -0.2) is 4.79 Å². The molecule has 0 spiro atoms. The summed E-state index contributed by atoms with van der Waals surface area (Å²) in [7, 11) is 0. The molecule has 0 bridgehead atoms. The van der Waals surface area contributed by atoms with Gasteiger partial charge in [-0.1, -0.05) is 13.0 Å². The molecule has 1 atom stereocenters. The van der Waals surface area contributed by atoms with E-state index in [0.717, 1.165) is 12.8 Å². The first-order valence-electron chi connectivity index (χ1n) is 4.54. The van der Waals surface area contributed by atoms with Crippen molar-refractivity contribution in [2.24, 2.45) is 0 Å². The van der Waals surface area contributed by atoms with Crippen LogP contribution in [0.3, 0.4) is 0 Å². The highest BCUT2D eigenvalue weighted by Gasteiger charge is 2.19. The molecule has 0 saturated heterocycles. The van der Waals surface area contributed by atoms with Crippen LogP contribution >= 0.6 is 0 Å². The van der Waals surface area contributed by atoms with Crippen molar-refractivity contribution in [2.75, 3.05) is 0 Å². The Morgan fingerprint density at radius 2 is 2.31 bits per heavy atom. The number of aromatic carboxylic acids is 1. The molecule has 0 saturated carbocycles. The Labute approximate surface area is 77.2 Å². The maximum Gasteiger partial charge on any atom is 0.335 e. The Morgan fingerprint density at radius 1 is 1.54 bits per heavy atom. The fourth-order valence-corrected chi connectivity index (χ4v) is 1.96. The van der Waals surface area contributed by atoms with Crippen LogP contribution in [0.4, 0.5) is 0 Å². The fraction of sp³-hybridized carbons (Fsp3) is 0.364. The largest absolute Gasteiger partial charge is 0.478 e. The molecule has 1 aromatic rings. The molecular weight excluding hydrogens is 164 g/mol. The van der Waals surface area contributed by atoms with Gasteiger partial charge in [0.15, 0.2) is 0 Å². The summed E-state index contributed by atoms with van der Waals surface area (Å²) in [6.07, 6.45) is 2.18. The summed E-state index contributed by atoms with van der Waals surface area (Å²) >= 11 is 0. The molecule has 0 heterocycles. The molecule has 2 nitrogen and oxygen atoms in total. The van der Waals surface area contributed by atoms with Crippen molar-refractivity contribution in [1.82, 2.24) is 0 Å². The van der Waals surface area contributed by atoms with Gasteiger partial charge >= 0.3 is 5.97 Å². The van der Waals surface area contributed by atoms with E-state index in [1.807, 2.05) is 6.07 Å². The number of rotatable bonds is 1. The van der Waals surface area contributed by atoms with E-state index in [1.165, 1.54) is 11.1 Å². The second-order valence-corrected chi connectivity index (χ2v) is 3.66. The first-order chi connectivity index (χ1) is 6.18. The molecule has 1 aliphatic carbocycles. The lowest BCUT2D eigenvalue weighted by molar-refractivity contribution is 0.0697. The number of carboxylic acids is 1. The Balaban J connectivity index is 2.45. The number of aryl methyl sites for hydroxylation is 1. The van der Waals surface area contributed by atoms with Crippen molar-refractivity contribution in [3.8, 4) is 0 Å². The highest BCUT2D eigenvalue weighted by atomic mass is 16.4. The predicted octanol–water partition coefficient (Wildman–Crippen LogP) is 2.43. The smallest absolute Gasteiger partial charge is 0.335 e. The predicted molar refractivity (Wildman–Crippen MR) is 50.1 cm³/mol. The number of carbonyl (C=O) groups is 1. The molecule has 1 N–H and O–H groups in total. The zero-order valence-corrected chi connectivity index (χ0v) is 7.58. The minimum absolute atomic E-state index is 0.410. The molecule has 0 fully saturated rings. The van der Waals surface area contributed by atoms with Crippen molar-refractivity contribution in [2.45, 2.75) is 25.7 Å². The van der Waals surface area contributed by atoms with E-state index >= 15 is 0 Å². The first kappa shape index (κ1) is 8.30. The van der Waals surface area contributed by atoms with Crippen molar-refractivity contribution in [1.29, 1.82) is 0 Å². The number of hydrogen-bond acceptors (Lipinski definition) is 1. The van der Waals surface area contributed by atoms with Crippen LogP contribution in [0, 0.1) is 0 Å². The van der Waals surface area contributed by atoms with Crippen LogP contribution in [-0.4, -0.2) is 11.1 Å². The molecule has 2 heteroatoms. The second-order valence-electron chi connectivity index (χ2n) is 3.66. The zero-order valence-electron chi connectivity index (χ0n) is 7.58. The molecular formula is C11H12O2. The van der Waals surface area contributed by atoms with E-state index in [0.29, 0.717) is 11.5 Å². The van der Waals surface area contributed by atoms with Crippen LogP contribution in [0.2, 0.25) is 0 Å². The SMILES string of the molecule is CC1CCc2cc(C(=O)O)ccc21. The molecule has 2 rings (SSSR count). The van der Waals surface area contributed by atoms with Gasteiger partial charge in [-0.15, -0.1) is 0 Å². The van der Waals surface area contributed by atoms with Crippen molar-refractivity contribution in [3.05, 3.63) is 34.9 Å². The van der Waals surface area contributed by atoms with Crippen LogP contribution in [-0.2, 0) is 6.42 Å². The van der Waals surface area contributed by atoms with Crippen LogP contribution < -0.4 is 0 Å². The summed E-state index contributed by atoms with van der Waals surface area (Å²) in [5, 5.41) is 8.78. The molecule has 13 heavy (non-hydrogen) atoms. The van der Waals surface area contributed by atoms with E-state index in [-0.39, 0.29) is 0 Å². The third kappa shape index (κ3) is 1.32. The summed E-state index contributed by atoms with van der Waals surface area (Å²) in [6, 6.07) is 5.46. The normalized spacial score (nSPS) is 19.9. The highest BCUT2D eigenvalue weighted by Crippen LogP contribution is 2.32. The summed E-state index contributed by atoms with van der Waals surface area (Å²) in [5.41, 5.74) is 2.95. The van der Waals surface area contributed by atoms with Gasteiger partial charge in [0.05, 0.1) is 5.56 Å². The van der Waals surface area contributed by atoms with Crippen molar-refractivity contribution < 1.29 is 9.90 Å². The molecule has 68 valence electrons. The number of benzene rings is 1. The van der Waals surface area contributed by atoms with Crippen molar-refractivity contribution in [3.63, 3.8) is 0 Å². The summed E-state index contributed by atoms with van der Waals surface area (Å²) in [6.45, 7) is 2.19. The Bertz CT molecular complexity index is 355. The highest BCUT2D eigenvalue weighted by molar-refractivity contribution is 5.88. The lowest BCUT2D eigenvalue weighted by atomic mass is 10.0. The molecule has 1 unspecified atom stereocenters. The van der Waals surface area contributed by atoms with Gasteiger partial charge in [0, 0.05) is 0 Å². The zero-order chi connectivity index (χ0) is 9.42. The molecule has 1 aromatic carbocycles. The van der Waals surface area contributed by atoms with Crippen LogP contribution in [0.1, 0.15) is 40.7 Å². The molecule has 1 aliphatic rings. The minimum atomic E-state index is -0.831. The van der Waals surface area contributed by atoms with Gasteiger partial charge in [0.2, 0.25) is 0 Å². The summed E-state index contributed by atoms with van der Waals surface area (Å²) < 4.78 is 0. The van der Waals surface area contributed by atoms with E-state index in [1.54, 1.807) is 12.1 Å². The van der Waals surface area contributed by atoms with Crippen molar-refractivity contribution >= 4 is 5.97 Å².